The molecule has 16 heavy (non-hydrogen) atoms. The third-order valence-corrected chi connectivity index (χ3v) is 3.00. The van der Waals surface area contributed by atoms with Gasteiger partial charge in [0.05, 0.1) is 18.1 Å². The zero-order valence-corrected chi connectivity index (χ0v) is 9.19. The van der Waals surface area contributed by atoms with Gasteiger partial charge in [0.25, 0.3) is 0 Å². The van der Waals surface area contributed by atoms with Crippen molar-refractivity contribution < 1.29 is 4.39 Å². The van der Waals surface area contributed by atoms with Crippen LogP contribution in [-0.2, 0) is 6.54 Å². The van der Waals surface area contributed by atoms with Crippen LogP contribution in [0.4, 0.5) is 4.39 Å². The number of hydrogen-bond donors (Lipinski definition) is 1. The minimum Gasteiger partial charge on any atom is -0.325 e. The number of hydrogen-bond acceptors (Lipinski definition) is 3. The number of allylic oxidation sites excluding steroid dienone is 2. The number of halogens is 1. The van der Waals surface area contributed by atoms with Gasteiger partial charge < -0.3 is 5.73 Å². The van der Waals surface area contributed by atoms with Gasteiger partial charge in [-0.05, 0) is 36.8 Å². The van der Waals surface area contributed by atoms with Gasteiger partial charge in [-0.2, -0.15) is 0 Å². The number of nitrogens with two attached hydrogens (primary N) is 1. The standard InChI is InChI=1S/C12H16FN3/c13-6-9-1-3-10(4-2-9)12-5-11(7-14)15-8-16-12/h3,5,8-9H,1-2,4,6-7,14H2. The highest BCUT2D eigenvalue weighted by molar-refractivity contribution is 5.63. The molecule has 1 aromatic rings. The second kappa shape index (κ2) is 5.16. The highest BCUT2D eigenvalue weighted by atomic mass is 19.1. The molecule has 86 valence electrons. The Labute approximate surface area is 94.6 Å². The maximum Gasteiger partial charge on any atom is 0.116 e. The molecule has 2 N–H and O–H groups in total. The normalized spacial score (nSPS) is 20.6. The van der Waals surface area contributed by atoms with E-state index < -0.39 is 0 Å². The molecule has 4 heteroatoms. The SMILES string of the molecule is NCc1cc(C2=CCC(CF)CC2)ncn1. The Hall–Kier alpha value is -1.29. The lowest BCUT2D eigenvalue weighted by Gasteiger charge is -2.18. The second-order valence-corrected chi connectivity index (χ2v) is 4.12. The average molecular weight is 221 g/mol. The van der Waals surface area contributed by atoms with Crippen LogP contribution < -0.4 is 5.73 Å². The van der Waals surface area contributed by atoms with Gasteiger partial charge in [-0.15, -0.1) is 0 Å². The van der Waals surface area contributed by atoms with E-state index >= 15 is 0 Å². The second-order valence-electron chi connectivity index (χ2n) is 4.12. The number of alkyl halides is 1. The van der Waals surface area contributed by atoms with Crippen LogP contribution in [0.3, 0.4) is 0 Å². The highest BCUT2D eigenvalue weighted by Gasteiger charge is 2.15. The van der Waals surface area contributed by atoms with Crippen LogP contribution in [0, 0.1) is 5.92 Å². The highest BCUT2D eigenvalue weighted by Crippen LogP contribution is 2.29. The number of nitrogens with zero attached hydrogens (tertiary/aromatic N) is 2. The minimum absolute atomic E-state index is 0.194. The van der Waals surface area contributed by atoms with E-state index in [1.165, 1.54) is 5.57 Å². The van der Waals surface area contributed by atoms with Crippen molar-refractivity contribution in [3.05, 3.63) is 29.9 Å². The molecule has 0 saturated heterocycles. The van der Waals surface area contributed by atoms with Gasteiger partial charge in [0.15, 0.2) is 0 Å². The van der Waals surface area contributed by atoms with Crippen LogP contribution in [0.25, 0.3) is 5.57 Å². The van der Waals surface area contributed by atoms with Gasteiger partial charge in [0, 0.05) is 6.54 Å². The molecule has 1 aliphatic rings. The molecule has 1 unspecified atom stereocenters. The lowest BCUT2D eigenvalue weighted by Crippen LogP contribution is -2.08. The zero-order chi connectivity index (χ0) is 11.4. The molecule has 0 amide bonds. The molecule has 1 atom stereocenters. The Balaban J connectivity index is 2.15. The van der Waals surface area contributed by atoms with Crippen LogP contribution in [0.5, 0.6) is 0 Å². The summed E-state index contributed by atoms with van der Waals surface area (Å²) < 4.78 is 12.5. The lowest BCUT2D eigenvalue weighted by molar-refractivity contribution is 0.343. The van der Waals surface area contributed by atoms with E-state index in [4.69, 9.17) is 5.73 Å². The molecule has 0 bridgehead atoms. The van der Waals surface area contributed by atoms with Crippen molar-refractivity contribution in [1.29, 1.82) is 0 Å². The van der Waals surface area contributed by atoms with Crippen molar-refractivity contribution in [2.45, 2.75) is 25.8 Å². The van der Waals surface area contributed by atoms with E-state index in [0.29, 0.717) is 6.54 Å². The van der Waals surface area contributed by atoms with Crippen molar-refractivity contribution in [2.75, 3.05) is 6.67 Å². The fourth-order valence-electron chi connectivity index (χ4n) is 1.95. The van der Waals surface area contributed by atoms with Crippen LogP contribution >= 0.6 is 0 Å². The van der Waals surface area contributed by atoms with E-state index in [9.17, 15) is 4.39 Å². The Morgan fingerprint density at radius 3 is 2.94 bits per heavy atom. The number of rotatable bonds is 3. The Kier molecular flexibility index (Phi) is 3.62. The third kappa shape index (κ3) is 2.44. The molecule has 3 nitrogen and oxygen atoms in total. The van der Waals surface area contributed by atoms with Crippen molar-refractivity contribution in [1.82, 2.24) is 9.97 Å². The van der Waals surface area contributed by atoms with Crippen LogP contribution in [0.15, 0.2) is 18.5 Å². The van der Waals surface area contributed by atoms with Gasteiger partial charge >= 0.3 is 0 Å². The van der Waals surface area contributed by atoms with Crippen LogP contribution in [-0.4, -0.2) is 16.6 Å². The van der Waals surface area contributed by atoms with E-state index in [-0.39, 0.29) is 12.6 Å². The summed E-state index contributed by atoms with van der Waals surface area (Å²) in [7, 11) is 0. The summed E-state index contributed by atoms with van der Waals surface area (Å²) in [4.78, 5) is 8.29. The van der Waals surface area contributed by atoms with E-state index in [1.807, 2.05) is 6.07 Å². The molecular weight excluding hydrogens is 205 g/mol. The molecule has 0 fully saturated rings. The maximum atomic E-state index is 12.5. The first kappa shape index (κ1) is 11.2. The fraction of sp³-hybridized carbons (Fsp3) is 0.500. The van der Waals surface area contributed by atoms with Crippen molar-refractivity contribution in [3.8, 4) is 0 Å². The topological polar surface area (TPSA) is 51.8 Å². The summed E-state index contributed by atoms with van der Waals surface area (Å²) in [5.41, 5.74) is 8.51. The van der Waals surface area contributed by atoms with Gasteiger partial charge in [0.1, 0.15) is 6.33 Å². The minimum atomic E-state index is -0.221. The summed E-state index contributed by atoms with van der Waals surface area (Å²) in [6, 6.07) is 1.92. The molecule has 0 radical (unpaired) electrons. The molecule has 0 spiro atoms. The van der Waals surface area contributed by atoms with Crippen molar-refractivity contribution in [2.24, 2.45) is 11.7 Å². The van der Waals surface area contributed by atoms with E-state index in [0.717, 1.165) is 30.7 Å². The molecule has 0 saturated carbocycles. The smallest absolute Gasteiger partial charge is 0.116 e. The first-order valence-electron chi connectivity index (χ1n) is 5.60. The van der Waals surface area contributed by atoms with Gasteiger partial charge in [0.2, 0.25) is 0 Å². The Bertz CT molecular complexity index is 390. The number of aromatic nitrogens is 2. The summed E-state index contributed by atoms with van der Waals surface area (Å²) in [5, 5.41) is 0. The predicted molar refractivity (Wildman–Crippen MR) is 61.2 cm³/mol. The van der Waals surface area contributed by atoms with Crippen LogP contribution in [0.2, 0.25) is 0 Å². The summed E-state index contributed by atoms with van der Waals surface area (Å²) in [6.07, 6.45) is 6.25. The quantitative estimate of drug-likeness (QED) is 0.850. The molecular formula is C12H16FN3. The van der Waals surface area contributed by atoms with Crippen LogP contribution in [0.1, 0.15) is 30.7 Å². The van der Waals surface area contributed by atoms with E-state index in [2.05, 4.69) is 16.0 Å². The average Bonchev–Trinajstić information content (AvgIpc) is 2.39. The van der Waals surface area contributed by atoms with Gasteiger partial charge in [-0.3, -0.25) is 4.39 Å². The maximum absolute atomic E-state index is 12.5. The molecule has 1 aliphatic carbocycles. The van der Waals surface area contributed by atoms with Gasteiger partial charge in [-0.25, -0.2) is 9.97 Å². The molecule has 1 heterocycles. The Morgan fingerprint density at radius 1 is 1.44 bits per heavy atom. The summed E-state index contributed by atoms with van der Waals surface area (Å²) >= 11 is 0. The van der Waals surface area contributed by atoms with Gasteiger partial charge in [-0.1, -0.05) is 6.08 Å². The fourth-order valence-corrected chi connectivity index (χ4v) is 1.95. The van der Waals surface area contributed by atoms with Crippen molar-refractivity contribution >= 4 is 5.57 Å². The first-order valence-corrected chi connectivity index (χ1v) is 5.60. The first-order chi connectivity index (χ1) is 7.83. The largest absolute Gasteiger partial charge is 0.325 e. The predicted octanol–water partition coefficient (Wildman–Crippen LogP) is 2.09. The van der Waals surface area contributed by atoms with E-state index in [1.54, 1.807) is 6.33 Å². The Morgan fingerprint density at radius 2 is 2.31 bits per heavy atom. The molecule has 1 aromatic heterocycles. The summed E-state index contributed by atoms with van der Waals surface area (Å²) in [5.74, 6) is 0.194. The summed E-state index contributed by atoms with van der Waals surface area (Å²) in [6.45, 7) is 0.206. The molecule has 0 aliphatic heterocycles. The lowest BCUT2D eigenvalue weighted by atomic mass is 9.89. The molecule has 2 rings (SSSR count). The molecule has 0 aromatic carbocycles. The van der Waals surface area contributed by atoms with Crippen molar-refractivity contribution in [3.63, 3.8) is 0 Å². The monoisotopic (exact) mass is 221 g/mol. The zero-order valence-electron chi connectivity index (χ0n) is 9.19. The third-order valence-electron chi connectivity index (χ3n) is 3.00.